The standard InChI is InChI=1S/C13H19N5O2/c1-8(12-15-11(16-20-12)9-2-3-9)17-4-5-18-10(7-17)6-14-13(18)19/h8-10H,2-7H2,1H3,(H,14,19)/t8-,10-/m0/s1. The van der Waals surface area contributed by atoms with E-state index in [0.29, 0.717) is 11.8 Å². The van der Waals surface area contributed by atoms with Gasteiger partial charge in [-0.2, -0.15) is 4.98 Å². The van der Waals surface area contributed by atoms with Crippen molar-refractivity contribution in [1.82, 2.24) is 25.3 Å². The fourth-order valence-corrected chi connectivity index (χ4v) is 3.06. The summed E-state index contributed by atoms with van der Waals surface area (Å²) in [5, 5.41) is 6.98. The number of hydrogen-bond acceptors (Lipinski definition) is 5. The average molecular weight is 277 g/mol. The van der Waals surface area contributed by atoms with Crippen molar-refractivity contribution >= 4 is 6.03 Å². The molecule has 1 saturated carbocycles. The smallest absolute Gasteiger partial charge is 0.317 e. The quantitative estimate of drug-likeness (QED) is 0.881. The molecular weight excluding hydrogens is 258 g/mol. The van der Waals surface area contributed by atoms with Crippen LogP contribution in [0.1, 0.15) is 43.4 Å². The van der Waals surface area contributed by atoms with E-state index < -0.39 is 0 Å². The number of nitrogens with one attached hydrogen (secondary N) is 1. The highest BCUT2D eigenvalue weighted by atomic mass is 16.5. The maximum atomic E-state index is 11.6. The fourth-order valence-electron chi connectivity index (χ4n) is 3.06. The van der Waals surface area contributed by atoms with Crippen molar-refractivity contribution in [2.45, 2.75) is 37.8 Å². The number of carbonyl (C=O) groups excluding carboxylic acids is 1. The molecule has 0 radical (unpaired) electrons. The molecule has 20 heavy (non-hydrogen) atoms. The van der Waals surface area contributed by atoms with E-state index in [-0.39, 0.29) is 18.1 Å². The Labute approximate surface area is 117 Å². The lowest BCUT2D eigenvalue weighted by molar-refractivity contribution is 0.0812. The Balaban J connectivity index is 1.45. The molecule has 3 heterocycles. The monoisotopic (exact) mass is 277 g/mol. The number of fused-ring (bicyclic) bond motifs is 1. The maximum absolute atomic E-state index is 11.6. The molecule has 2 saturated heterocycles. The average Bonchev–Trinajstić information content (AvgIpc) is 3.09. The molecule has 4 rings (SSSR count). The van der Waals surface area contributed by atoms with E-state index in [1.54, 1.807) is 0 Å². The van der Waals surface area contributed by atoms with Crippen LogP contribution < -0.4 is 5.32 Å². The number of piperazine rings is 1. The molecule has 2 amide bonds. The van der Waals surface area contributed by atoms with E-state index in [4.69, 9.17) is 4.52 Å². The van der Waals surface area contributed by atoms with Gasteiger partial charge in [0.25, 0.3) is 0 Å². The molecule has 0 unspecified atom stereocenters. The summed E-state index contributed by atoms with van der Waals surface area (Å²) in [5.41, 5.74) is 0. The van der Waals surface area contributed by atoms with Crippen molar-refractivity contribution in [2.75, 3.05) is 26.2 Å². The molecule has 0 aromatic carbocycles. The van der Waals surface area contributed by atoms with Crippen molar-refractivity contribution in [3.05, 3.63) is 11.7 Å². The molecule has 2 atom stereocenters. The van der Waals surface area contributed by atoms with Gasteiger partial charge in [0.05, 0.1) is 12.1 Å². The molecule has 1 aromatic rings. The Morgan fingerprint density at radius 1 is 1.40 bits per heavy atom. The van der Waals surface area contributed by atoms with Crippen LogP contribution in [-0.2, 0) is 0 Å². The molecule has 3 fully saturated rings. The van der Waals surface area contributed by atoms with Gasteiger partial charge in [-0.25, -0.2) is 4.79 Å². The second-order valence-electron chi connectivity index (χ2n) is 5.97. The summed E-state index contributed by atoms with van der Waals surface area (Å²) in [6.07, 6.45) is 2.36. The highest BCUT2D eigenvalue weighted by molar-refractivity contribution is 5.77. The van der Waals surface area contributed by atoms with Gasteiger partial charge in [-0.15, -0.1) is 0 Å². The molecule has 0 spiro atoms. The second kappa shape index (κ2) is 4.44. The van der Waals surface area contributed by atoms with Crippen molar-refractivity contribution in [1.29, 1.82) is 0 Å². The number of hydrogen-bond donors (Lipinski definition) is 1. The fraction of sp³-hybridized carbons (Fsp3) is 0.769. The second-order valence-corrected chi connectivity index (χ2v) is 5.97. The van der Waals surface area contributed by atoms with Gasteiger partial charge in [0, 0.05) is 32.1 Å². The van der Waals surface area contributed by atoms with E-state index in [1.807, 2.05) is 4.90 Å². The van der Waals surface area contributed by atoms with E-state index >= 15 is 0 Å². The third-order valence-corrected chi connectivity index (χ3v) is 4.57. The zero-order valence-corrected chi connectivity index (χ0v) is 11.6. The lowest BCUT2D eigenvalue weighted by atomic mass is 10.1. The van der Waals surface area contributed by atoms with Gasteiger partial charge >= 0.3 is 6.03 Å². The van der Waals surface area contributed by atoms with Crippen molar-refractivity contribution in [3.8, 4) is 0 Å². The molecular formula is C13H19N5O2. The van der Waals surface area contributed by atoms with Gasteiger partial charge in [0.1, 0.15) is 0 Å². The van der Waals surface area contributed by atoms with Gasteiger partial charge in [0.2, 0.25) is 5.89 Å². The van der Waals surface area contributed by atoms with Gasteiger partial charge in [-0.05, 0) is 19.8 Å². The molecule has 7 heteroatoms. The first-order chi connectivity index (χ1) is 9.72. The summed E-state index contributed by atoms with van der Waals surface area (Å²) in [7, 11) is 0. The predicted octanol–water partition coefficient (Wildman–Crippen LogP) is 0.717. The van der Waals surface area contributed by atoms with Gasteiger partial charge in [-0.1, -0.05) is 5.16 Å². The zero-order chi connectivity index (χ0) is 13.7. The van der Waals surface area contributed by atoms with Crippen molar-refractivity contribution in [2.24, 2.45) is 0 Å². The first-order valence-corrected chi connectivity index (χ1v) is 7.34. The lowest BCUT2D eigenvalue weighted by Crippen LogP contribution is -2.52. The van der Waals surface area contributed by atoms with Crippen molar-refractivity contribution in [3.63, 3.8) is 0 Å². The minimum absolute atomic E-state index is 0.0658. The highest BCUT2D eigenvalue weighted by Gasteiger charge is 2.38. The Morgan fingerprint density at radius 2 is 2.25 bits per heavy atom. The third kappa shape index (κ3) is 1.96. The number of rotatable bonds is 3. The number of urea groups is 1. The van der Waals surface area contributed by atoms with Gasteiger partial charge < -0.3 is 14.7 Å². The maximum Gasteiger partial charge on any atom is 0.317 e. The summed E-state index contributed by atoms with van der Waals surface area (Å²) in [5.74, 6) is 2.09. The van der Waals surface area contributed by atoms with Crippen LogP contribution in [0.5, 0.6) is 0 Å². The minimum atomic E-state index is 0.0658. The van der Waals surface area contributed by atoms with E-state index in [0.717, 1.165) is 32.0 Å². The van der Waals surface area contributed by atoms with E-state index in [1.165, 1.54) is 12.8 Å². The SMILES string of the molecule is C[C@@H](c1nc(C2CC2)no1)N1CCN2C(=O)NC[C@H]2C1. The van der Waals surface area contributed by atoms with Gasteiger partial charge in [-0.3, -0.25) is 4.90 Å². The number of nitrogens with zero attached hydrogens (tertiary/aromatic N) is 4. The minimum Gasteiger partial charge on any atom is -0.338 e. The first-order valence-electron chi connectivity index (χ1n) is 7.34. The largest absolute Gasteiger partial charge is 0.338 e. The summed E-state index contributed by atoms with van der Waals surface area (Å²) >= 11 is 0. The zero-order valence-electron chi connectivity index (χ0n) is 11.6. The van der Waals surface area contributed by atoms with Crippen LogP contribution in [-0.4, -0.2) is 58.2 Å². The molecule has 2 aliphatic heterocycles. The summed E-state index contributed by atoms with van der Waals surface area (Å²) in [4.78, 5) is 20.4. The van der Waals surface area contributed by atoms with Crippen molar-refractivity contribution < 1.29 is 9.32 Å². The molecule has 108 valence electrons. The van der Waals surface area contributed by atoms with E-state index in [9.17, 15) is 4.79 Å². The molecule has 1 aromatic heterocycles. The van der Waals surface area contributed by atoms with Crippen LogP contribution in [0, 0.1) is 0 Å². The number of carbonyl (C=O) groups is 1. The van der Waals surface area contributed by atoms with Crippen LogP contribution in [0.4, 0.5) is 4.79 Å². The molecule has 7 nitrogen and oxygen atoms in total. The topological polar surface area (TPSA) is 74.5 Å². The summed E-state index contributed by atoms with van der Waals surface area (Å²) in [6.45, 7) is 5.32. The van der Waals surface area contributed by atoms with E-state index in [2.05, 4.69) is 27.3 Å². The Hall–Kier alpha value is -1.63. The predicted molar refractivity (Wildman–Crippen MR) is 70.2 cm³/mol. The lowest BCUT2D eigenvalue weighted by Gasteiger charge is -2.38. The van der Waals surface area contributed by atoms with Crippen LogP contribution >= 0.6 is 0 Å². The van der Waals surface area contributed by atoms with Crippen LogP contribution in [0.15, 0.2) is 4.52 Å². The normalized spacial score (nSPS) is 28.4. The third-order valence-electron chi connectivity index (χ3n) is 4.57. The summed E-state index contributed by atoms with van der Waals surface area (Å²) < 4.78 is 5.41. The van der Waals surface area contributed by atoms with Crippen LogP contribution in [0.25, 0.3) is 0 Å². The molecule has 0 bridgehead atoms. The number of aromatic nitrogens is 2. The highest BCUT2D eigenvalue weighted by Crippen LogP contribution is 2.38. The number of amides is 2. The Bertz CT molecular complexity index is 527. The van der Waals surface area contributed by atoms with Crippen LogP contribution in [0.2, 0.25) is 0 Å². The van der Waals surface area contributed by atoms with Crippen LogP contribution in [0.3, 0.4) is 0 Å². The molecule has 3 aliphatic rings. The first kappa shape index (κ1) is 12.1. The summed E-state index contributed by atoms with van der Waals surface area (Å²) in [6, 6.07) is 0.452. The Morgan fingerprint density at radius 3 is 3.05 bits per heavy atom. The van der Waals surface area contributed by atoms with Gasteiger partial charge in [0.15, 0.2) is 5.82 Å². The Kier molecular flexibility index (Phi) is 2.70. The molecule has 1 aliphatic carbocycles. The molecule has 1 N–H and O–H groups in total.